The monoisotopic (exact) mass is 455 g/mol. The molecule has 0 bridgehead atoms. The van der Waals surface area contributed by atoms with Gasteiger partial charge >= 0.3 is 0 Å². The van der Waals surface area contributed by atoms with Crippen molar-refractivity contribution < 1.29 is 23.4 Å². The third kappa shape index (κ3) is 4.99. The van der Waals surface area contributed by atoms with E-state index < -0.39 is 5.82 Å². The minimum Gasteiger partial charge on any atom is -0.493 e. The molecule has 1 saturated carbocycles. The van der Waals surface area contributed by atoms with Crippen molar-refractivity contribution in [2.45, 2.75) is 37.4 Å². The number of pyridine rings is 1. The molecule has 0 aliphatic heterocycles. The number of carbonyl (C=O) groups is 1. The molecule has 168 valence electrons. The van der Waals surface area contributed by atoms with Gasteiger partial charge in [-0.3, -0.25) is 9.78 Å². The zero-order chi connectivity index (χ0) is 22.5. The van der Waals surface area contributed by atoms with E-state index in [1.807, 2.05) is 0 Å². The quantitative estimate of drug-likeness (QED) is 0.365. The van der Waals surface area contributed by atoms with Crippen LogP contribution in [0.1, 0.15) is 42.5 Å². The second kappa shape index (κ2) is 10.2. The molecule has 1 aliphatic carbocycles. The molecule has 5 nitrogen and oxygen atoms in total. The van der Waals surface area contributed by atoms with Gasteiger partial charge in [0, 0.05) is 28.5 Å². The van der Waals surface area contributed by atoms with Gasteiger partial charge in [0.2, 0.25) is 0 Å². The number of ether oxygens (including phenoxy) is 3. The molecular weight excluding hydrogens is 429 g/mol. The molecule has 1 fully saturated rings. The zero-order valence-corrected chi connectivity index (χ0v) is 19.0. The molecule has 0 radical (unpaired) electrons. The first kappa shape index (κ1) is 22.4. The number of ketones is 1. The van der Waals surface area contributed by atoms with E-state index in [9.17, 15) is 9.18 Å². The summed E-state index contributed by atoms with van der Waals surface area (Å²) < 4.78 is 31.3. The largest absolute Gasteiger partial charge is 0.493 e. The number of nitrogens with zero attached hydrogens (tertiary/aromatic N) is 1. The average molecular weight is 456 g/mol. The third-order valence-corrected chi connectivity index (χ3v) is 7.05. The fraction of sp³-hybridized carbons (Fsp3) is 0.360. The highest BCUT2D eigenvalue weighted by molar-refractivity contribution is 8.00. The van der Waals surface area contributed by atoms with Gasteiger partial charge in [-0.15, -0.1) is 0 Å². The van der Waals surface area contributed by atoms with Crippen molar-refractivity contribution in [3.63, 3.8) is 0 Å². The maximum Gasteiger partial charge on any atom is 0.172 e. The Balaban J connectivity index is 1.51. The SMILES string of the molecule is COc1cc2nccc(Oc3ccc(C(=O)CSC4CCCCC4)cc3F)c2cc1OC. The lowest BCUT2D eigenvalue weighted by atomic mass is 10.0. The first-order valence-corrected chi connectivity index (χ1v) is 11.8. The van der Waals surface area contributed by atoms with Crippen LogP contribution in [-0.4, -0.2) is 36.0 Å². The molecule has 3 aromatic rings. The molecule has 4 rings (SSSR count). The Kier molecular flexibility index (Phi) is 7.15. The smallest absolute Gasteiger partial charge is 0.172 e. The van der Waals surface area contributed by atoms with Crippen LogP contribution in [0.2, 0.25) is 0 Å². The van der Waals surface area contributed by atoms with Crippen molar-refractivity contribution in [2.75, 3.05) is 20.0 Å². The molecule has 0 amide bonds. The number of carbonyl (C=O) groups excluding carboxylic acids is 1. The maximum atomic E-state index is 14.8. The topological polar surface area (TPSA) is 57.7 Å². The van der Waals surface area contributed by atoms with Crippen molar-refractivity contribution in [3.8, 4) is 23.0 Å². The van der Waals surface area contributed by atoms with E-state index >= 15 is 0 Å². The van der Waals surface area contributed by atoms with E-state index in [-0.39, 0.29) is 11.5 Å². The van der Waals surface area contributed by atoms with Crippen molar-refractivity contribution in [1.82, 2.24) is 4.98 Å². The van der Waals surface area contributed by atoms with Gasteiger partial charge in [-0.1, -0.05) is 19.3 Å². The Labute approximate surface area is 191 Å². The van der Waals surface area contributed by atoms with Crippen LogP contribution in [-0.2, 0) is 0 Å². The Hall–Kier alpha value is -2.80. The molecule has 1 aliphatic rings. The van der Waals surface area contributed by atoms with E-state index in [4.69, 9.17) is 14.2 Å². The van der Waals surface area contributed by atoms with Crippen molar-refractivity contribution in [2.24, 2.45) is 0 Å². The van der Waals surface area contributed by atoms with Gasteiger partial charge in [-0.05, 0) is 43.2 Å². The number of aromatic nitrogens is 1. The number of hydrogen-bond donors (Lipinski definition) is 0. The fourth-order valence-electron chi connectivity index (χ4n) is 3.92. The van der Waals surface area contributed by atoms with Crippen LogP contribution in [0, 0.1) is 5.82 Å². The summed E-state index contributed by atoms with van der Waals surface area (Å²) in [5.41, 5.74) is 0.997. The lowest BCUT2D eigenvalue weighted by Crippen LogP contribution is -2.12. The predicted molar refractivity (Wildman–Crippen MR) is 125 cm³/mol. The number of hydrogen-bond acceptors (Lipinski definition) is 6. The third-order valence-electron chi connectivity index (χ3n) is 5.68. The average Bonchev–Trinajstić information content (AvgIpc) is 2.83. The molecule has 1 aromatic heterocycles. The Morgan fingerprint density at radius 1 is 1.00 bits per heavy atom. The van der Waals surface area contributed by atoms with Gasteiger partial charge < -0.3 is 14.2 Å². The fourth-order valence-corrected chi connectivity index (χ4v) is 5.14. The molecule has 0 N–H and O–H groups in total. The van der Waals surface area contributed by atoms with Crippen molar-refractivity contribution in [1.29, 1.82) is 0 Å². The highest BCUT2D eigenvalue weighted by atomic mass is 32.2. The summed E-state index contributed by atoms with van der Waals surface area (Å²) in [7, 11) is 3.10. The van der Waals surface area contributed by atoms with Gasteiger partial charge in [0.05, 0.1) is 25.5 Å². The van der Waals surface area contributed by atoms with E-state index in [2.05, 4.69) is 4.98 Å². The van der Waals surface area contributed by atoms with E-state index in [1.54, 1.807) is 56.4 Å². The molecular formula is C25H26FNO4S. The second-order valence-electron chi connectivity index (χ2n) is 7.77. The molecule has 2 aromatic carbocycles. The maximum absolute atomic E-state index is 14.8. The molecule has 32 heavy (non-hydrogen) atoms. The number of halogens is 1. The van der Waals surface area contributed by atoms with Crippen LogP contribution < -0.4 is 14.2 Å². The molecule has 0 atom stereocenters. The number of fused-ring (bicyclic) bond motifs is 1. The van der Waals surface area contributed by atoms with Crippen LogP contribution >= 0.6 is 11.8 Å². The Morgan fingerprint density at radius 2 is 1.75 bits per heavy atom. The summed E-state index contributed by atoms with van der Waals surface area (Å²) in [5, 5.41) is 1.20. The normalized spacial score (nSPS) is 14.3. The molecule has 0 saturated heterocycles. The van der Waals surface area contributed by atoms with E-state index in [0.29, 0.717) is 44.7 Å². The highest BCUT2D eigenvalue weighted by Gasteiger charge is 2.18. The molecule has 7 heteroatoms. The molecule has 0 spiro atoms. The summed E-state index contributed by atoms with van der Waals surface area (Å²) >= 11 is 1.69. The van der Waals surface area contributed by atoms with Crippen LogP contribution in [0.3, 0.4) is 0 Å². The lowest BCUT2D eigenvalue weighted by molar-refractivity contribution is 0.102. The predicted octanol–water partition coefficient (Wildman–Crippen LogP) is 6.43. The Bertz CT molecular complexity index is 1110. The summed E-state index contributed by atoms with van der Waals surface area (Å²) in [4.78, 5) is 16.9. The van der Waals surface area contributed by atoms with Crippen LogP contribution in [0.15, 0.2) is 42.6 Å². The first-order chi connectivity index (χ1) is 15.6. The summed E-state index contributed by atoms with van der Waals surface area (Å²) in [6.45, 7) is 0. The number of Topliss-reactive ketones (excluding diaryl/α,β-unsaturated/α-hetero) is 1. The van der Waals surface area contributed by atoms with Crippen molar-refractivity contribution in [3.05, 3.63) is 54.0 Å². The van der Waals surface area contributed by atoms with E-state index in [0.717, 1.165) is 12.8 Å². The number of thioether (sulfide) groups is 1. The number of rotatable bonds is 8. The second-order valence-corrected chi connectivity index (χ2v) is 9.06. The summed E-state index contributed by atoms with van der Waals surface area (Å²) in [5.74, 6) is 1.28. The van der Waals surface area contributed by atoms with Gasteiger partial charge in [0.25, 0.3) is 0 Å². The standard InChI is InChI=1S/C25H26FNO4S/c1-29-24-13-18-20(14-25(24)30-2)27-11-10-22(18)31-23-9-8-16(12-19(23)26)21(28)15-32-17-6-4-3-5-7-17/h8-14,17H,3-7,15H2,1-2H3. The van der Waals surface area contributed by atoms with Crippen LogP contribution in [0.5, 0.6) is 23.0 Å². The minimum atomic E-state index is -0.580. The lowest BCUT2D eigenvalue weighted by Gasteiger charge is -2.20. The first-order valence-electron chi connectivity index (χ1n) is 10.7. The Morgan fingerprint density at radius 3 is 2.47 bits per heavy atom. The highest BCUT2D eigenvalue weighted by Crippen LogP contribution is 2.37. The summed E-state index contributed by atoms with van der Waals surface area (Å²) in [6, 6.07) is 9.52. The van der Waals surface area contributed by atoms with Gasteiger partial charge in [-0.2, -0.15) is 11.8 Å². The number of benzene rings is 2. The zero-order valence-electron chi connectivity index (χ0n) is 18.2. The molecule has 1 heterocycles. The number of methoxy groups -OCH3 is 2. The summed E-state index contributed by atoms with van der Waals surface area (Å²) in [6.07, 6.45) is 7.65. The van der Waals surface area contributed by atoms with Crippen LogP contribution in [0.4, 0.5) is 4.39 Å². The van der Waals surface area contributed by atoms with E-state index in [1.165, 1.54) is 31.4 Å². The molecule has 0 unspecified atom stereocenters. The van der Waals surface area contributed by atoms with Gasteiger partial charge in [0.1, 0.15) is 5.75 Å². The van der Waals surface area contributed by atoms with Gasteiger partial charge in [-0.25, -0.2) is 4.39 Å². The van der Waals surface area contributed by atoms with Crippen molar-refractivity contribution >= 4 is 28.4 Å². The van der Waals surface area contributed by atoms with Gasteiger partial charge in [0.15, 0.2) is 28.8 Å². The minimum absolute atomic E-state index is 0.0452. The van der Waals surface area contributed by atoms with Crippen LogP contribution in [0.25, 0.3) is 10.9 Å².